The maximum absolute atomic E-state index is 10.7. The minimum atomic E-state index is -0.629. The van der Waals surface area contributed by atoms with E-state index < -0.39 is 6.10 Å². The lowest BCUT2D eigenvalue weighted by molar-refractivity contribution is 0.146. The Balaban J connectivity index is 2.42. The van der Waals surface area contributed by atoms with E-state index in [4.69, 9.17) is 5.73 Å². The van der Waals surface area contributed by atoms with E-state index >= 15 is 0 Å². The molecule has 2 nitrogen and oxygen atoms in total. The van der Waals surface area contributed by atoms with Gasteiger partial charge in [0.2, 0.25) is 0 Å². The molecule has 2 aromatic carbocycles. The molecule has 0 aliphatic heterocycles. The summed E-state index contributed by atoms with van der Waals surface area (Å²) in [5.74, 6) is -0.140. The van der Waals surface area contributed by atoms with Gasteiger partial charge in [0, 0.05) is 21.4 Å². The second kappa shape index (κ2) is 6.85. The molecule has 0 bridgehead atoms. The maximum atomic E-state index is 10.7. The van der Waals surface area contributed by atoms with Crippen molar-refractivity contribution in [3.05, 3.63) is 68.1 Å². The molecule has 2 rings (SSSR count). The van der Waals surface area contributed by atoms with Gasteiger partial charge in [-0.05, 0) is 35.7 Å². The summed E-state index contributed by atoms with van der Waals surface area (Å²) in [6, 6.07) is 13.7. The third-order valence-electron chi connectivity index (χ3n) is 3.57. The third kappa shape index (κ3) is 3.14. The fourth-order valence-corrected chi connectivity index (χ4v) is 3.32. The average Bonchev–Trinajstić information content (AvgIpc) is 2.44. The molecule has 2 unspecified atom stereocenters. The van der Waals surface area contributed by atoms with Crippen LogP contribution in [-0.2, 0) is 0 Å². The van der Waals surface area contributed by atoms with E-state index in [9.17, 15) is 5.11 Å². The van der Waals surface area contributed by atoms with E-state index in [1.54, 1.807) is 0 Å². The van der Waals surface area contributed by atoms with Crippen LogP contribution in [0.4, 0.5) is 0 Å². The normalized spacial score (nSPS) is 14.1. The predicted molar refractivity (Wildman–Crippen MR) is 89.8 cm³/mol. The Morgan fingerprint density at radius 1 is 1.00 bits per heavy atom. The Hall–Kier alpha value is -0.680. The fraction of sp³-hybridized carbons (Fsp3) is 0.250. The standard InChI is InChI=1S/C16H17Br2NO/c1-10-11(6-4-8-14(10)17)16(20)13(9-19)12-5-2-3-7-15(12)18/h2-8,13,16,20H,9,19H2,1H3. The lowest BCUT2D eigenvalue weighted by Gasteiger charge is -2.25. The van der Waals surface area contributed by atoms with Crippen molar-refractivity contribution in [1.82, 2.24) is 0 Å². The summed E-state index contributed by atoms with van der Waals surface area (Å²) >= 11 is 7.04. The molecular formula is C16H17Br2NO. The van der Waals surface area contributed by atoms with Gasteiger partial charge in [0.15, 0.2) is 0 Å². The van der Waals surface area contributed by atoms with Crippen LogP contribution < -0.4 is 5.73 Å². The van der Waals surface area contributed by atoms with Crippen molar-refractivity contribution in [2.75, 3.05) is 6.54 Å². The predicted octanol–water partition coefficient (Wildman–Crippen LogP) is 4.30. The zero-order chi connectivity index (χ0) is 14.7. The van der Waals surface area contributed by atoms with Gasteiger partial charge in [0.05, 0.1) is 6.10 Å². The van der Waals surface area contributed by atoms with Crippen molar-refractivity contribution in [1.29, 1.82) is 0 Å². The summed E-state index contributed by atoms with van der Waals surface area (Å²) in [7, 11) is 0. The van der Waals surface area contributed by atoms with Crippen molar-refractivity contribution < 1.29 is 5.11 Å². The summed E-state index contributed by atoms with van der Waals surface area (Å²) in [4.78, 5) is 0. The topological polar surface area (TPSA) is 46.2 Å². The highest BCUT2D eigenvalue weighted by Gasteiger charge is 2.24. The van der Waals surface area contributed by atoms with Crippen LogP contribution >= 0.6 is 31.9 Å². The number of nitrogens with two attached hydrogens (primary N) is 1. The Bertz CT molecular complexity index is 601. The molecule has 0 amide bonds. The largest absolute Gasteiger partial charge is 0.388 e. The highest BCUT2D eigenvalue weighted by atomic mass is 79.9. The van der Waals surface area contributed by atoms with Gasteiger partial charge in [-0.1, -0.05) is 62.2 Å². The van der Waals surface area contributed by atoms with Gasteiger partial charge in [-0.2, -0.15) is 0 Å². The molecule has 0 fully saturated rings. The van der Waals surface area contributed by atoms with Crippen molar-refractivity contribution in [3.8, 4) is 0 Å². The van der Waals surface area contributed by atoms with Crippen LogP contribution in [0.3, 0.4) is 0 Å². The molecule has 0 aromatic heterocycles. The number of aliphatic hydroxyl groups is 1. The molecule has 0 radical (unpaired) electrons. The highest BCUT2D eigenvalue weighted by molar-refractivity contribution is 9.10. The number of halogens is 2. The third-order valence-corrected chi connectivity index (χ3v) is 5.15. The lowest BCUT2D eigenvalue weighted by atomic mass is 9.87. The quantitative estimate of drug-likeness (QED) is 0.806. The second-order valence-corrected chi connectivity index (χ2v) is 6.47. The monoisotopic (exact) mass is 397 g/mol. The second-order valence-electron chi connectivity index (χ2n) is 4.76. The van der Waals surface area contributed by atoms with Crippen LogP contribution in [0.2, 0.25) is 0 Å². The summed E-state index contributed by atoms with van der Waals surface area (Å²) in [5, 5.41) is 10.7. The SMILES string of the molecule is Cc1c(Br)cccc1C(O)C(CN)c1ccccc1Br. The van der Waals surface area contributed by atoms with Gasteiger partial charge >= 0.3 is 0 Å². The van der Waals surface area contributed by atoms with Crippen LogP contribution in [-0.4, -0.2) is 11.7 Å². The van der Waals surface area contributed by atoms with Crippen molar-refractivity contribution in [3.63, 3.8) is 0 Å². The molecule has 106 valence electrons. The molecule has 0 saturated heterocycles. The molecule has 20 heavy (non-hydrogen) atoms. The molecule has 0 aliphatic rings. The molecule has 2 atom stereocenters. The molecular weight excluding hydrogens is 382 g/mol. The molecule has 3 N–H and O–H groups in total. The molecule has 4 heteroatoms. The molecule has 0 spiro atoms. The zero-order valence-corrected chi connectivity index (χ0v) is 14.4. The van der Waals surface area contributed by atoms with Gasteiger partial charge in [0.1, 0.15) is 0 Å². The van der Waals surface area contributed by atoms with Crippen molar-refractivity contribution in [2.24, 2.45) is 5.73 Å². The summed E-state index contributed by atoms with van der Waals surface area (Å²) in [6.45, 7) is 2.38. The van der Waals surface area contributed by atoms with Crippen LogP contribution in [0.15, 0.2) is 51.4 Å². The molecule has 2 aromatic rings. The zero-order valence-electron chi connectivity index (χ0n) is 11.2. The summed E-state index contributed by atoms with van der Waals surface area (Å²) < 4.78 is 1.97. The summed E-state index contributed by atoms with van der Waals surface area (Å²) in [6.07, 6.45) is -0.629. The van der Waals surface area contributed by atoms with E-state index in [0.29, 0.717) is 6.54 Å². The fourth-order valence-electron chi connectivity index (χ4n) is 2.36. The lowest BCUT2D eigenvalue weighted by Crippen LogP contribution is -2.21. The smallest absolute Gasteiger partial charge is 0.0874 e. The number of hydrogen-bond donors (Lipinski definition) is 2. The van der Waals surface area contributed by atoms with Crippen LogP contribution in [0.1, 0.15) is 28.7 Å². The Kier molecular flexibility index (Phi) is 5.38. The van der Waals surface area contributed by atoms with Crippen molar-refractivity contribution in [2.45, 2.75) is 18.9 Å². The highest BCUT2D eigenvalue weighted by Crippen LogP contribution is 2.36. The molecule has 0 saturated carbocycles. The Labute approximate surface area is 136 Å². The van der Waals surface area contributed by atoms with E-state index in [2.05, 4.69) is 31.9 Å². The van der Waals surface area contributed by atoms with E-state index in [1.165, 1.54) is 0 Å². The first-order valence-corrected chi connectivity index (χ1v) is 8.02. The van der Waals surface area contributed by atoms with E-state index in [-0.39, 0.29) is 5.92 Å². The Morgan fingerprint density at radius 2 is 1.60 bits per heavy atom. The van der Waals surface area contributed by atoms with Gasteiger partial charge in [-0.25, -0.2) is 0 Å². The molecule has 0 aliphatic carbocycles. The number of rotatable bonds is 4. The maximum Gasteiger partial charge on any atom is 0.0874 e. The minimum Gasteiger partial charge on any atom is -0.388 e. The van der Waals surface area contributed by atoms with Crippen molar-refractivity contribution >= 4 is 31.9 Å². The number of aliphatic hydroxyl groups excluding tert-OH is 1. The van der Waals surface area contributed by atoms with E-state index in [1.807, 2.05) is 49.4 Å². The van der Waals surface area contributed by atoms with Gasteiger partial charge < -0.3 is 10.8 Å². The van der Waals surface area contributed by atoms with Gasteiger partial charge in [0.25, 0.3) is 0 Å². The first-order chi connectivity index (χ1) is 9.56. The first-order valence-electron chi connectivity index (χ1n) is 6.43. The number of benzene rings is 2. The number of hydrogen-bond acceptors (Lipinski definition) is 2. The van der Waals surface area contributed by atoms with Gasteiger partial charge in [-0.15, -0.1) is 0 Å². The molecule has 0 heterocycles. The summed E-state index contributed by atoms with van der Waals surface area (Å²) in [5.41, 5.74) is 8.89. The van der Waals surface area contributed by atoms with Crippen LogP contribution in [0.25, 0.3) is 0 Å². The van der Waals surface area contributed by atoms with Gasteiger partial charge in [-0.3, -0.25) is 0 Å². The van der Waals surface area contributed by atoms with Crippen LogP contribution in [0.5, 0.6) is 0 Å². The van der Waals surface area contributed by atoms with Crippen LogP contribution in [0, 0.1) is 6.92 Å². The first kappa shape index (κ1) is 15.7. The Morgan fingerprint density at radius 3 is 2.25 bits per heavy atom. The minimum absolute atomic E-state index is 0.140. The van der Waals surface area contributed by atoms with E-state index in [0.717, 1.165) is 25.6 Å². The average molecular weight is 399 g/mol.